The number of nitrogens with one attached hydrogen (secondary N) is 1. The third-order valence-electron chi connectivity index (χ3n) is 6.34. The van der Waals surface area contributed by atoms with Crippen LogP contribution in [0.15, 0.2) is 71.6 Å². The van der Waals surface area contributed by atoms with Gasteiger partial charge in [-0.3, -0.25) is 13.9 Å². The second-order valence-corrected chi connectivity index (χ2v) is 12.1. The van der Waals surface area contributed by atoms with Gasteiger partial charge in [-0.2, -0.15) is 0 Å². The molecule has 0 aliphatic rings. The van der Waals surface area contributed by atoms with E-state index in [9.17, 15) is 18.0 Å². The van der Waals surface area contributed by atoms with E-state index in [1.54, 1.807) is 19.1 Å². The molecule has 0 aliphatic carbocycles. The fourth-order valence-electron chi connectivity index (χ4n) is 4.00. The Labute approximate surface area is 240 Å². The number of rotatable bonds is 11. The van der Waals surface area contributed by atoms with E-state index >= 15 is 0 Å². The van der Waals surface area contributed by atoms with Crippen LogP contribution in [-0.4, -0.2) is 44.3 Å². The van der Waals surface area contributed by atoms with Crippen LogP contribution >= 0.6 is 23.2 Å². The minimum absolute atomic E-state index is 0.0104. The molecule has 1 atom stereocenters. The van der Waals surface area contributed by atoms with Crippen molar-refractivity contribution < 1.29 is 18.0 Å². The smallest absolute Gasteiger partial charge is 0.264 e. The first-order valence-electron chi connectivity index (χ1n) is 12.6. The van der Waals surface area contributed by atoms with Crippen LogP contribution in [0.5, 0.6) is 0 Å². The Bertz CT molecular complexity index is 1410. The zero-order chi connectivity index (χ0) is 28.7. The predicted octanol–water partition coefficient (Wildman–Crippen LogP) is 5.75. The fraction of sp³-hybridized carbons (Fsp3) is 0.310. The maximum absolute atomic E-state index is 13.9. The van der Waals surface area contributed by atoms with Gasteiger partial charge in [0.15, 0.2) is 0 Å². The summed E-state index contributed by atoms with van der Waals surface area (Å²) in [5.74, 6) is -0.873. The van der Waals surface area contributed by atoms with Crippen molar-refractivity contribution in [1.82, 2.24) is 10.2 Å². The molecule has 10 heteroatoms. The van der Waals surface area contributed by atoms with Crippen molar-refractivity contribution in [3.8, 4) is 0 Å². The second kappa shape index (κ2) is 13.3. The first-order chi connectivity index (χ1) is 18.4. The lowest BCUT2D eigenvalue weighted by Gasteiger charge is -2.32. The monoisotopic (exact) mass is 589 g/mol. The predicted molar refractivity (Wildman–Crippen MR) is 157 cm³/mol. The Kier molecular flexibility index (Phi) is 10.4. The molecule has 39 heavy (non-hydrogen) atoms. The van der Waals surface area contributed by atoms with Gasteiger partial charge in [0.05, 0.1) is 10.6 Å². The van der Waals surface area contributed by atoms with Crippen LogP contribution in [0.1, 0.15) is 37.0 Å². The number of halogens is 2. The molecule has 2 amide bonds. The van der Waals surface area contributed by atoms with Gasteiger partial charge >= 0.3 is 0 Å². The van der Waals surface area contributed by atoms with Crippen LogP contribution in [0.2, 0.25) is 10.0 Å². The molecule has 3 rings (SSSR count). The topological polar surface area (TPSA) is 86.8 Å². The van der Waals surface area contributed by atoms with Gasteiger partial charge in [-0.15, -0.1) is 0 Å². The largest absolute Gasteiger partial charge is 0.354 e. The summed E-state index contributed by atoms with van der Waals surface area (Å²) in [5, 5.41) is 3.27. The summed E-state index contributed by atoms with van der Waals surface area (Å²) in [4.78, 5) is 28.3. The molecule has 0 aliphatic heterocycles. The van der Waals surface area contributed by atoms with Crippen molar-refractivity contribution in [3.63, 3.8) is 0 Å². The lowest BCUT2D eigenvalue weighted by Crippen LogP contribution is -2.51. The van der Waals surface area contributed by atoms with E-state index in [-0.39, 0.29) is 33.1 Å². The maximum Gasteiger partial charge on any atom is 0.264 e. The van der Waals surface area contributed by atoms with Crippen LogP contribution in [-0.2, 0) is 26.2 Å². The highest BCUT2D eigenvalue weighted by Gasteiger charge is 2.33. The van der Waals surface area contributed by atoms with Gasteiger partial charge in [0, 0.05) is 23.1 Å². The second-order valence-electron chi connectivity index (χ2n) is 9.37. The molecule has 0 saturated carbocycles. The van der Waals surface area contributed by atoms with Gasteiger partial charge in [-0.25, -0.2) is 8.42 Å². The SMILES string of the molecule is CCCNC(=O)[C@H](C)N(Cc1ccccc1C)C(=O)CN(c1cc(Cl)cc(Cl)c1)S(=O)(=O)c1ccc(C)cc1. The van der Waals surface area contributed by atoms with Gasteiger partial charge in [-0.05, 0) is 68.7 Å². The van der Waals surface area contributed by atoms with Crippen molar-refractivity contribution in [2.75, 3.05) is 17.4 Å². The number of amides is 2. The molecule has 3 aromatic rings. The molecule has 0 heterocycles. The van der Waals surface area contributed by atoms with Gasteiger partial charge < -0.3 is 10.2 Å². The summed E-state index contributed by atoms with van der Waals surface area (Å²) in [6.45, 7) is 7.36. The zero-order valence-corrected chi connectivity index (χ0v) is 24.8. The Hall–Kier alpha value is -3.07. The molecule has 0 bridgehead atoms. The van der Waals surface area contributed by atoms with Crippen molar-refractivity contribution in [3.05, 3.63) is 93.5 Å². The molecule has 0 fully saturated rings. The van der Waals surface area contributed by atoms with Crippen LogP contribution in [0.25, 0.3) is 0 Å². The molecule has 0 radical (unpaired) electrons. The molecule has 3 aromatic carbocycles. The molecule has 0 aromatic heterocycles. The average Bonchev–Trinajstić information content (AvgIpc) is 2.89. The Morgan fingerprint density at radius 1 is 0.949 bits per heavy atom. The fourth-order valence-corrected chi connectivity index (χ4v) is 5.91. The third kappa shape index (κ3) is 7.75. The third-order valence-corrected chi connectivity index (χ3v) is 8.57. The van der Waals surface area contributed by atoms with Crippen molar-refractivity contribution in [1.29, 1.82) is 0 Å². The number of hydrogen-bond acceptors (Lipinski definition) is 4. The summed E-state index contributed by atoms with van der Waals surface area (Å²) < 4.78 is 28.7. The van der Waals surface area contributed by atoms with Gasteiger partial charge in [0.25, 0.3) is 10.0 Å². The summed E-state index contributed by atoms with van der Waals surface area (Å²) in [6.07, 6.45) is 0.738. The first kappa shape index (κ1) is 30.5. The van der Waals surface area contributed by atoms with Gasteiger partial charge in [0.1, 0.15) is 12.6 Å². The van der Waals surface area contributed by atoms with Crippen molar-refractivity contribution in [2.45, 2.75) is 51.6 Å². The van der Waals surface area contributed by atoms with E-state index in [1.165, 1.54) is 35.2 Å². The highest BCUT2D eigenvalue weighted by atomic mass is 35.5. The average molecular weight is 591 g/mol. The number of nitrogens with zero attached hydrogens (tertiary/aromatic N) is 2. The van der Waals surface area contributed by atoms with E-state index in [2.05, 4.69) is 5.32 Å². The number of benzene rings is 3. The van der Waals surface area contributed by atoms with Crippen molar-refractivity contribution >= 4 is 50.7 Å². The highest BCUT2D eigenvalue weighted by Crippen LogP contribution is 2.30. The van der Waals surface area contributed by atoms with Crippen LogP contribution in [0.4, 0.5) is 5.69 Å². The number of sulfonamides is 1. The van der Waals surface area contributed by atoms with Gasteiger partial charge in [0.2, 0.25) is 11.8 Å². The number of aryl methyl sites for hydroxylation is 2. The summed E-state index contributed by atoms with van der Waals surface area (Å²) in [5.41, 5.74) is 2.82. The van der Waals surface area contributed by atoms with Crippen molar-refractivity contribution in [2.24, 2.45) is 0 Å². The Morgan fingerprint density at radius 2 is 1.56 bits per heavy atom. The molecule has 7 nitrogen and oxygen atoms in total. The Morgan fingerprint density at radius 3 is 2.15 bits per heavy atom. The van der Waals surface area contributed by atoms with E-state index in [1.807, 2.05) is 45.0 Å². The molecule has 0 saturated heterocycles. The number of anilines is 1. The number of carbonyl (C=O) groups excluding carboxylic acids is 2. The lowest BCUT2D eigenvalue weighted by molar-refractivity contribution is -0.139. The molecule has 1 N–H and O–H groups in total. The quantitative estimate of drug-likeness (QED) is 0.308. The summed E-state index contributed by atoms with van der Waals surface area (Å²) in [6, 6.07) is 17.4. The normalized spacial score (nSPS) is 12.1. The minimum Gasteiger partial charge on any atom is -0.354 e. The molecular formula is C29H33Cl2N3O4S. The van der Waals surface area contributed by atoms with E-state index in [4.69, 9.17) is 23.2 Å². The molecule has 208 valence electrons. The standard InChI is InChI=1S/C29H33Cl2N3O4S/c1-5-14-32-29(36)22(4)33(18-23-9-7-6-8-21(23)3)28(35)19-34(26-16-24(30)15-25(31)17-26)39(37,38)27-12-10-20(2)11-13-27/h6-13,15-17,22H,5,14,18-19H2,1-4H3,(H,32,36)/t22-/m0/s1. The number of carbonyl (C=O) groups is 2. The van der Waals surface area contributed by atoms with Crippen LogP contribution in [0.3, 0.4) is 0 Å². The molecular weight excluding hydrogens is 557 g/mol. The van der Waals surface area contributed by atoms with E-state index in [0.29, 0.717) is 6.54 Å². The Balaban J connectivity index is 2.06. The van der Waals surface area contributed by atoms with Crippen LogP contribution in [0, 0.1) is 13.8 Å². The maximum atomic E-state index is 13.9. The summed E-state index contributed by atoms with van der Waals surface area (Å²) in [7, 11) is -4.21. The molecule has 0 unspecified atom stereocenters. The minimum atomic E-state index is -4.21. The highest BCUT2D eigenvalue weighted by molar-refractivity contribution is 7.92. The van der Waals surface area contributed by atoms with Crippen LogP contribution < -0.4 is 9.62 Å². The zero-order valence-electron chi connectivity index (χ0n) is 22.4. The first-order valence-corrected chi connectivity index (χ1v) is 14.8. The summed E-state index contributed by atoms with van der Waals surface area (Å²) >= 11 is 12.4. The van der Waals surface area contributed by atoms with Gasteiger partial charge in [-0.1, -0.05) is 72.1 Å². The number of hydrogen-bond donors (Lipinski definition) is 1. The van der Waals surface area contributed by atoms with E-state index < -0.39 is 28.5 Å². The lowest BCUT2D eigenvalue weighted by atomic mass is 10.1. The van der Waals surface area contributed by atoms with E-state index in [0.717, 1.165) is 27.4 Å². The molecule has 0 spiro atoms.